The second kappa shape index (κ2) is 11.2. The van der Waals surface area contributed by atoms with E-state index in [1.54, 1.807) is 32.6 Å². The maximum absolute atomic E-state index is 12.8. The lowest BCUT2D eigenvalue weighted by atomic mass is 10.2. The maximum Gasteiger partial charge on any atom is 0.410 e. The number of halogens is 3. The second-order valence-electron chi connectivity index (χ2n) is 9.04. The summed E-state index contributed by atoms with van der Waals surface area (Å²) in [4.78, 5) is 14.2. The van der Waals surface area contributed by atoms with E-state index in [-0.39, 0.29) is 13.2 Å². The zero-order valence-corrected chi connectivity index (χ0v) is 21.5. The van der Waals surface area contributed by atoms with Crippen LogP contribution in [0.25, 0.3) is 0 Å². The lowest BCUT2D eigenvalue weighted by Crippen LogP contribution is -2.42. The molecule has 1 aliphatic rings. The summed E-state index contributed by atoms with van der Waals surface area (Å²) in [6, 6.07) is 8.54. The second-order valence-corrected chi connectivity index (χ2v) is 9.79. The molecule has 0 spiro atoms. The number of ether oxygens (including phenoxy) is 3. The van der Waals surface area contributed by atoms with Crippen LogP contribution in [-0.2, 0) is 16.0 Å². The van der Waals surface area contributed by atoms with Gasteiger partial charge in [0.2, 0.25) is 0 Å². The molecule has 2 heterocycles. The number of aromatic nitrogens is 2. The molecule has 0 bridgehead atoms. The standard InChI is InChI=1S/C23H28BrF2N5O4/c1-23(2,3)35-22(32)30-12-15(9-16(30)13-34-21(25)26)31-20(18(10-27)19(24)29-31)28-11-14-5-7-17(33-4)8-6-14/h5-8,15-16,21,28H,9,11-13H2,1-4H3/t15-,16+/m0/s1. The van der Waals surface area contributed by atoms with Crippen molar-refractivity contribution in [3.8, 4) is 11.8 Å². The van der Waals surface area contributed by atoms with Crippen molar-refractivity contribution in [2.45, 2.75) is 58.0 Å². The number of alkyl halides is 2. The highest BCUT2D eigenvalue weighted by molar-refractivity contribution is 9.10. The number of carbonyl (C=O) groups excluding carboxylic acids is 1. The minimum atomic E-state index is -2.96. The van der Waals surface area contributed by atoms with Gasteiger partial charge in [0.25, 0.3) is 0 Å². The fraction of sp³-hybridized carbons (Fsp3) is 0.522. The summed E-state index contributed by atoms with van der Waals surface area (Å²) in [5, 5.41) is 17.4. The predicted molar refractivity (Wildman–Crippen MR) is 127 cm³/mol. The highest BCUT2D eigenvalue weighted by Crippen LogP contribution is 2.35. The van der Waals surface area contributed by atoms with Gasteiger partial charge in [-0.25, -0.2) is 9.48 Å². The number of likely N-dealkylation sites (tertiary alicyclic amines) is 1. The van der Waals surface area contributed by atoms with Gasteiger partial charge in [0, 0.05) is 13.1 Å². The Kier molecular flexibility index (Phi) is 8.56. The van der Waals surface area contributed by atoms with Crippen molar-refractivity contribution < 1.29 is 27.8 Å². The van der Waals surface area contributed by atoms with Gasteiger partial charge in [-0.3, -0.25) is 0 Å². The summed E-state index contributed by atoms with van der Waals surface area (Å²) < 4.78 is 42.6. The number of benzene rings is 1. The smallest absolute Gasteiger partial charge is 0.410 e. The molecule has 0 radical (unpaired) electrons. The average Bonchev–Trinajstić information content (AvgIpc) is 3.36. The molecule has 0 aliphatic carbocycles. The van der Waals surface area contributed by atoms with Crippen molar-refractivity contribution in [3.05, 3.63) is 40.0 Å². The Morgan fingerprint density at radius 3 is 2.60 bits per heavy atom. The Labute approximate surface area is 211 Å². The van der Waals surface area contributed by atoms with Crippen molar-refractivity contribution in [1.29, 1.82) is 5.26 Å². The quantitative estimate of drug-likeness (QED) is 0.492. The van der Waals surface area contributed by atoms with Crippen LogP contribution in [0.15, 0.2) is 28.9 Å². The molecule has 0 unspecified atom stereocenters. The van der Waals surface area contributed by atoms with Gasteiger partial charge in [-0.1, -0.05) is 12.1 Å². The van der Waals surface area contributed by atoms with E-state index in [0.717, 1.165) is 11.3 Å². The van der Waals surface area contributed by atoms with Crippen LogP contribution in [0.3, 0.4) is 0 Å². The van der Waals surface area contributed by atoms with Crippen molar-refractivity contribution in [2.24, 2.45) is 0 Å². The number of nitrogens with zero attached hydrogens (tertiary/aromatic N) is 4. The molecular weight excluding hydrogens is 528 g/mol. The van der Waals surface area contributed by atoms with Gasteiger partial charge in [0.15, 0.2) is 0 Å². The number of methoxy groups -OCH3 is 1. The molecule has 2 atom stereocenters. The topological polar surface area (TPSA) is 102 Å². The molecule has 2 aromatic rings. The number of nitrogens with one attached hydrogen (secondary N) is 1. The molecule has 1 aliphatic heterocycles. The average molecular weight is 556 g/mol. The third-order valence-electron chi connectivity index (χ3n) is 5.38. The fourth-order valence-corrected chi connectivity index (χ4v) is 4.27. The summed E-state index contributed by atoms with van der Waals surface area (Å²) in [5.41, 5.74) is 0.495. The summed E-state index contributed by atoms with van der Waals surface area (Å²) in [5.74, 6) is 1.18. The van der Waals surface area contributed by atoms with Gasteiger partial charge < -0.3 is 24.4 Å². The molecule has 35 heavy (non-hydrogen) atoms. The number of amides is 1. The molecule has 0 saturated carbocycles. The number of hydrogen-bond acceptors (Lipinski definition) is 7. The zero-order chi connectivity index (χ0) is 25.8. The van der Waals surface area contributed by atoms with Gasteiger partial charge in [-0.15, -0.1) is 0 Å². The fourth-order valence-electron chi connectivity index (χ4n) is 3.82. The molecule has 1 N–H and O–H groups in total. The number of rotatable bonds is 8. The number of nitriles is 1. The van der Waals surface area contributed by atoms with Gasteiger partial charge in [0.05, 0.1) is 25.8 Å². The third kappa shape index (κ3) is 6.82. The summed E-state index contributed by atoms with van der Waals surface area (Å²) in [6.07, 6.45) is -0.329. The van der Waals surface area contributed by atoms with Crippen LogP contribution in [0.2, 0.25) is 0 Å². The van der Waals surface area contributed by atoms with E-state index in [1.165, 1.54) is 4.90 Å². The highest BCUT2D eigenvalue weighted by Gasteiger charge is 2.40. The van der Waals surface area contributed by atoms with Crippen molar-refractivity contribution in [1.82, 2.24) is 14.7 Å². The van der Waals surface area contributed by atoms with E-state index < -0.39 is 30.4 Å². The normalized spacial score (nSPS) is 18.0. The Hall–Kier alpha value is -2.91. The maximum atomic E-state index is 12.8. The molecular formula is C23H28BrF2N5O4. The van der Waals surface area contributed by atoms with E-state index in [2.05, 4.69) is 37.2 Å². The Morgan fingerprint density at radius 1 is 1.34 bits per heavy atom. The van der Waals surface area contributed by atoms with E-state index in [0.29, 0.717) is 29.0 Å². The largest absolute Gasteiger partial charge is 0.497 e. The number of carbonyl (C=O) groups is 1. The molecule has 1 fully saturated rings. The van der Waals surface area contributed by atoms with Crippen molar-refractivity contribution >= 4 is 27.8 Å². The molecule has 9 nitrogen and oxygen atoms in total. The first kappa shape index (κ1) is 26.7. The van der Waals surface area contributed by atoms with Crippen LogP contribution in [-0.4, -0.2) is 59.3 Å². The first-order valence-electron chi connectivity index (χ1n) is 11.0. The Morgan fingerprint density at radius 2 is 2.03 bits per heavy atom. The van der Waals surface area contributed by atoms with Gasteiger partial charge in [-0.05, 0) is 60.8 Å². The van der Waals surface area contributed by atoms with Gasteiger partial charge in [0.1, 0.15) is 33.4 Å². The monoisotopic (exact) mass is 555 g/mol. The van der Waals surface area contributed by atoms with Crippen LogP contribution in [0, 0.1) is 11.3 Å². The van der Waals surface area contributed by atoms with Crippen LogP contribution >= 0.6 is 15.9 Å². The molecule has 3 rings (SSSR count). The van der Waals surface area contributed by atoms with E-state index in [9.17, 15) is 18.8 Å². The molecule has 1 saturated heterocycles. The van der Waals surface area contributed by atoms with E-state index in [4.69, 9.17) is 9.47 Å². The number of hydrogen-bond donors (Lipinski definition) is 1. The van der Waals surface area contributed by atoms with E-state index >= 15 is 0 Å². The molecule has 12 heteroatoms. The summed E-state index contributed by atoms with van der Waals surface area (Å²) in [7, 11) is 1.59. The van der Waals surface area contributed by atoms with E-state index in [1.807, 2.05) is 24.3 Å². The minimum absolute atomic E-state index is 0.155. The molecule has 1 aromatic carbocycles. The van der Waals surface area contributed by atoms with Gasteiger partial charge >= 0.3 is 12.7 Å². The first-order valence-corrected chi connectivity index (χ1v) is 11.8. The molecule has 1 aromatic heterocycles. The minimum Gasteiger partial charge on any atom is -0.497 e. The zero-order valence-electron chi connectivity index (χ0n) is 19.9. The highest BCUT2D eigenvalue weighted by atomic mass is 79.9. The summed E-state index contributed by atoms with van der Waals surface area (Å²) in [6.45, 7) is 2.44. The van der Waals surface area contributed by atoms with Crippen LogP contribution < -0.4 is 10.1 Å². The van der Waals surface area contributed by atoms with Crippen molar-refractivity contribution in [3.63, 3.8) is 0 Å². The Balaban J connectivity index is 1.85. The lowest BCUT2D eigenvalue weighted by Gasteiger charge is -2.28. The third-order valence-corrected chi connectivity index (χ3v) is 5.93. The van der Waals surface area contributed by atoms with Crippen molar-refractivity contribution in [2.75, 3.05) is 25.6 Å². The SMILES string of the molecule is COc1ccc(CNc2c(C#N)c(Br)nn2[C@H]2C[C@H](COC(F)F)N(C(=O)OC(C)(C)C)C2)cc1. The molecule has 1 amide bonds. The summed E-state index contributed by atoms with van der Waals surface area (Å²) >= 11 is 3.33. The number of anilines is 1. The Bertz CT molecular complexity index is 1070. The van der Waals surface area contributed by atoms with Crippen LogP contribution in [0.4, 0.5) is 19.4 Å². The molecule has 190 valence electrons. The van der Waals surface area contributed by atoms with Crippen LogP contribution in [0.1, 0.15) is 44.4 Å². The predicted octanol–water partition coefficient (Wildman–Crippen LogP) is 4.93. The lowest BCUT2D eigenvalue weighted by molar-refractivity contribution is -0.138. The first-order chi connectivity index (χ1) is 16.5. The van der Waals surface area contributed by atoms with Gasteiger partial charge in [-0.2, -0.15) is 19.1 Å². The van der Waals surface area contributed by atoms with Crippen LogP contribution in [0.5, 0.6) is 5.75 Å².